The van der Waals surface area contributed by atoms with Crippen LogP contribution in [0.5, 0.6) is 0 Å². The molecule has 2 unspecified atom stereocenters. The van der Waals surface area contributed by atoms with Crippen LogP contribution in [0.15, 0.2) is 0 Å². The van der Waals surface area contributed by atoms with Gasteiger partial charge in [-0.1, -0.05) is 13.8 Å². The summed E-state index contributed by atoms with van der Waals surface area (Å²) in [5.74, 6) is 2.05. The fraction of sp³-hybridized carbons (Fsp3) is 1.00. The van der Waals surface area contributed by atoms with Crippen molar-refractivity contribution in [1.82, 2.24) is 0 Å². The minimum absolute atomic E-state index is 1.02. The number of hydrogen-bond donors (Lipinski definition) is 0. The van der Waals surface area contributed by atoms with Gasteiger partial charge in [0.1, 0.15) is 0 Å². The van der Waals surface area contributed by atoms with Gasteiger partial charge in [0, 0.05) is 10.5 Å². The Bertz CT molecular complexity index is 104. The highest BCUT2D eigenvalue weighted by Crippen LogP contribution is 2.51. The van der Waals surface area contributed by atoms with Crippen LogP contribution in [-0.4, -0.2) is 10.5 Å². The van der Waals surface area contributed by atoms with E-state index in [4.69, 9.17) is 0 Å². The highest BCUT2D eigenvalue weighted by molar-refractivity contribution is 8.01. The molecule has 52 valence electrons. The van der Waals surface area contributed by atoms with Gasteiger partial charge < -0.3 is 0 Å². The molecule has 1 heteroatoms. The van der Waals surface area contributed by atoms with E-state index in [2.05, 4.69) is 25.6 Å². The Labute approximate surface area is 61.4 Å². The molecule has 0 N–H and O–H groups in total. The van der Waals surface area contributed by atoms with Crippen molar-refractivity contribution in [3.05, 3.63) is 0 Å². The molecular weight excluding hydrogens is 128 g/mol. The van der Waals surface area contributed by atoms with E-state index in [1.54, 1.807) is 0 Å². The van der Waals surface area contributed by atoms with Gasteiger partial charge in [0.05, 0.1) is 0 Å². The molecule has 0 nitrogen and oxygen atoms in total. The Morgan fingerprint density at radius 1 is 1.00 bits per heavy atom. The molecule has 2 rings (SSSR count). The van der Waals surface area contributed by atoms with Crippen molar-refractivity contribution in [2.24, 2.45) is 11.8 Å². The Hall–Kier alpha value is 0.350. The molecule has 2 aliphatic rings. The van der Waals surface area contributed by atoms with E-state index in [0.29, 0.717) is 0 Å². The first-order valence-electron chi connectivity index (χ1n) is 3.93. The van der Waals surface area contributed by atoms with Gasteiger partial charge in [-0.3, -0.25) is 0 Å². The van der Waals surface area contributed by atoms with Crippen LogP contribution in [0.2, 0.25) is 0 Å². The summed E-state index contributed by atoms with van der Waals surface area (Å²) < 4.78 is 0. The predicted octanol–water partition coefficient (Wildman–Crippen LogP) is 2.54. The third-order valence-corrected chi connectivity index (χ3v) is 4.84. The van der Waals surface area contributed by atoms with Crippen molar-refractivity contribution in [3.63, 3.8) is 0 Å². The van der Waals surface area contributed by atoms with Gasteiger partial charge in [-0.2, -0.15) is 11.8 Å². The molecule has 0 aromatic carbocycles. The van der Waals surface area contributed by atoms with Crippen LogP contribution in [-0.2, 0) is 0 Å². The van der Waals surface area contributed by atoms with Crippen molar-refractivity contribution in [1.29, 1.82) is 0 Å². The summed E-state index contributed by atoms with van der Waals surface area (Å²) in [5.41, 5.74) is 0. The average molecular weight is 142 g/mol. The average Bonchev–Trinajstić information content (AvgIpc) is 2.24. The Balaban J connectivity index is 2.10. The van der Waals surface area contributed by atoms with E-state index in [-0.39, 0.29) is 0 Å². The van der Waals surface area contributed by atoms with Crippen molar-refractivity contribution in [2.75, 3.05) is 0 Å². The molecule has 0 saturated carbocycles. The summed E-state index contributed by atoms with van der Waals surface area (Å²) in [5, 5.41) is 2.06. The van der Waals surface area contributed by atoms with Crippen LogP contribution in [0.4, 0.5) is 0 Å². The van der Waals surface area contributed by atoms with Crippen LogP contribution < -0.4 is 0 Å². The monoisotopic (exact) mass is 142 g/mol. The summed E-state index contributed by atoms with van der Waals surface area (Å²) in [6, 6.07) is 0. The Kier molecular flexibility index (Phi) is 1.29. The fourth-order valence-electron chi connectivity index (χ4n) is 2.10. The highest BCUT2D eigenvalue weighted by Gasteiger charge is 2.42. The van der Waals surface area contributed by atoms with Crippen LogP contribution in [0, 0.1) is 11.8 Å². The molecule has 2 aliphatic heterocycles. The van der Waals surface area contributed by atoms with Gasteiger partial charge in [-0.05, 0) is 24.7 Å². The molecular formula is C8H14S. The molecule has 2 heterocycles. The topological polar surface area (TPSA) is 0 Å². The van der Waals surface area contributed by atoms with Gasteiger partial charge in [0.2, 0.25) is 0 Å². The van der Waals surface area contributed by atoms with E-state index in [1.807, 2.05) is 0 Å². The SMILES string of the molecule is C[C@@H]1CC2SC1C[C@H]2C. The standard InChI is InChI=1S/C8H14S/c1-5-3-8-6(2)4-7(5)9-8/h5-8H,3-4H2,1-2H3/t5-,6-,7?,8?/m1/s1. The zero-order valence-electron chi connectivity index (χ0n) is 6.13. The minimum atomic E-state index is 1.02. The summed E-state index contributed by atoms with van der Waals surface area (Å²) in [6.45, 7) is 4.81. The number of rotatable bonds is 0. The van der Waals surface area contributed by atoms with Crippen LogP contribution >= 0.6 is 11.8 Å². The zero-order chi connectivity index (χ0) is 6.43. The molecule has 9 heavy (non-hydrogen) atoms. The molecule has 2 bridgehead atoms. The first kappa shape index (κ1) is 6.09. The lowest BCUT2D eigenvalue weighted by molar-refractivity contribution is 0.365. The van der Waals surface area contributed by atoms with Gasteiger partial charge in [-0.15, -0.1) is 0 Å². The minimum Gasteiger partial charge on any atom is -0.155 e. The lowest BCUT2D eigenvalue weighted by Crippen LogP contribution is -2.18. The van der Waals surface area contributed by atoms with Crippen molar-refractivity contribution in [2.45, 2.75) is 37.2 Å². The fourth-order valence-corrected chi connectivity index (χ4v) is 4.14. The number of hydrogen-bond acceptors (Lipinski definition) is 1. The normalized spacial score (nSPS) is 56.7. The van der Waals surface area contributed by atoms with Crippen molar-refractivity contribution < 1.29 is 0 Å². The summed E-state index contributed by atoms with van der Waals surface area (Å²) in [7, 11) is 0. The lowest BCUT2D eigenvalue weighted by Gasteiger charge is -2.19. The second kappa shape index (κ2) is 1.91. The van der Waals surface area contributed by atoms with Crippen molar-refractivity contribution >= 4 is 11.8 Å². The second-order valence-electron chi connectivity index (χ2n) is 3.64. The van der Waals surface area contributed by atoms with E-state index >= 15 is 0 Å². The summed E-state index contributed by atoms with van der Waals surface area (Å²) >= 11 is 2.25. The third-order valence-electron chi connectivity index (χ3n) is 2.83. The smallest absolute Gasteiger partial charge is 0.00789 e. The van der Waals surface area contributed by atoms with E-state index < -0.39 is 0 Å². The quantitative estimate of drug-likeness (QED) is 0.501. The maximum atomic E-state index is 2.41. The summed E-state index contributed by atoms with van der Waals surface area (Å²) in [6.07, 6.45) is 2.99. The predicted molar refractivity (Wildman–Crippen MR) is 42.7 cm³/mol. The molecule has 0 radical (unpaired) electrons. The molecule has 2 saturated heterocycles. The van der Waals surface area contributed by atoms with Gasteiger partial charge in [-0.25, -0.2) is 0 Å². The molecule has 0 spiro atoms. The second-order valence-corrected chi connectivity index (χ2v) is 5.12. The number of fused-ring (bicyclic) bond motifs is 2. The van der Waals surface area contributed by atoms with E-state index in [0.717, 1.165) is 22.3 Å². The van der Waals surface area contributed by atoms with Gasteiger partial charge in [0.15, 0.2) is 0 Å². The summed E-state index contributed by atoms with van der Waals surface area (Å²) in [4.78, 5) is 0. The first-order chi connectivity index (χ1) is 4.27. The highest BCUT2D eigenvalue weighted by atomic mass is 32.2. The van der Waals surface area contributed by atoms with Crippen LogP contribution in [0.1, 0.15) is 26.7 Å². The van der Waals surface area contributed by atoms with Gasteiger partial charge in [0.25, 0.3) is 0 Å². The molecule has 4 atom stereocenters. The molecule has 0 aromatic heterocycles. The Morgan fingerprint density at radius 2 is 1.44 bits per heavy atom. The maximum absolute atomic E-state index is 2.41. The zero-order valence-corrected chi connectivity index (χ0v) is 6.95. The molecule has 0 amide bonds. The lowest BCUT2D eigenvalue weighted by atomic mass is 9.84. The van der Waals surface area contributed by atoms with Crippen molar-refractivity contribution in [3.8, 4) is 0 Å². The largest absolute Gasteiger partial charge is 0.155 e. The number of thioether (sulfide) groups is 1. The molecule has 2 fully saturated rings. The third kappa shape index (κ3) is 0.813. The molecule has 0 aliphatic carbocycles. The Morgan fingerprint density at radius 3 is 1.67 bits per heavy atom. The van der Waals surface area contributed by atoms with E-state index in [9.17, 15) is 0 Å². The van der Waals surface area contributed by atoms with E-state index in [1.165, 1.54) is 12.8 Å². The molecule has 0 aromatic rings. The van der Waals surface area contributed by atoms with Crippen LogP contribution in [0.3, 0.4) is 0 Å². The van der Waals surface area contributed by atoms with Crippen LogP contribution in [0.25, 0.3) is 0 Å². The maximum Gasteiger partial charge on any atom is 0.00789 e. The first-order valence-corrected chi connectivity index (χ1v) is 4.87. The van der Waals surface area contributed by atoms with Gasteiger partial charge >= 0.3 is 0 Å².